The molecule has 0 unspecified atom stereocenters. The summed E-state index contributed by atoms with van der Waals surface area (Å²) in [6.07, 6.45) is 4.38. The van der Waals surface area contributed by atoms with Crippen LogP contribution in [-0.2, 0) is 9.53 Å². The first-order valence-corrected chi connectivity index (χ1v) is 14.1. The van der Waals surface area contributed by atoms with E-state index in [-0.39, 0.29) is 30.1 Å². The summed E-state index contributed by atoms with van der Waals surface area (Å²) >= 11 is 0. The van der Waals surface area contributed by atoms with Crippen molar-refractivity contribution < 1.29 is 23.8 Å². The molecule has 1 saturated carbocycles. The molecule has 0 radical (unpaired) electrons. The molecule has 42 heavy (non-hydrogen) atoms. The van der Waals surface area contributed by atoms with Crippen molar-refractivity contribution in [3.05, 3.63) is 47.8 Å². The van der Waals surface area contributed by atoms with Crippen molar-refractivity contribution in [2.75, 3.05) is 25.1 Å². The molecular formula is C30H36FN7O4. The van der Waals surface area contributed by atoms with Gasteiger partial charge in [-0.3, -0.25) is 14.6 Å². The quantitative estimate of drug-likeness (QED) is 0.303. The van der Waals surface area contributed by atoms with E-state index in [2.05, 4.69) is 32.1 Å². The predicted molar refractivity (Wildman–Crippen MR) is 153 cm³/mol. The average Bonchev–Trinajstić information content (AvgIpc) is 3.38. The Balaban J connectivity index is 1.35. The molecule has 4 N–H and O–H groups in total. The lowest BCUT2D eigenvalue weighted by Crippen LogP contribution is -2.54. The minimum Gasteiger partial charge on any atom is -0.387 e. The van der Waals surface area contributed by atoms with Gasteiger partial charge in [0.05, 0.1) is 70.7 Å². The first-order valence-electron chi connectivity index (χ1n) is 14.1. The number of rotatable bonds is 9. The number of halogens is 1. The van der Waals surface area contributed by atoms with Crippen LogP contribution in [0.4, 0.5) is 10.1 Å². The molecule has 1 aliphatic heterocycles. The van der Waals surface area contributed by atoms with Gasteiger partial charge in [-0.2, -0.15) is 10.4 Å². The van der Waals surface area contributed by atoms with Crippen molar-refractivity contribution >= 4 is 23.0 Å². The summed E-state index contributed by atoms with van der Waals surface area (Å²) < 4.78 is 21.3. The minimum absolute atomic E-state index is 0.0232. The van der Waals surface area contributed by atoms with Crippen LogP contribution < -0.4 is 16.0 Å². The number of nitriles is 1. The first-order chi connectivity index (χ1) is 20.0. The largest absolute Gasteiger partial charge is 0.387 e. The van der Waals surface area contributed by atoms with E-state index < -0.39 is 23.1 Å². The molecule has 0 bridgehead atoms. The Labute approximate surface area is 243 Å². The lowest BCUT2D eigenvalue weighted by Gasteiger charge is -2.38. The molecule has 1 aliphatic carbocycles. The molecule has 222 valence electrons. The number of ether oxygens (including phenoxy) is 1. The van der Waals surface area contributed by atoms with Gasteiger partial charge in [-0.25, -0.2) is 8.91 Å². The molecule has 5 rings (SSSR count). The van der Waals surface area contributed by atoms with Gasteiger partial charge in [0.15, 0.2) is 0 Å². The topological polar surface area (TPSA) is 154 Å². The predicted octanol–water partition coefficient (Wildman–Crippen LogP) is 2.98. The number of amides is 2. The number of pyridine rings is 1. The highest BCUT2D eigenvalue weighted by Crippen LogP contribution is 2.31. The molecule has 3 aromatic rings. The smallest absolute Gasteiger partial charge is 0.255 e. The summed E-state index contributed by atoms with van der Waals surface area (Å²) in [7, 11) is 0. The van der Waals surface area contributed by atoms with Gasteiger partial charge < -0.3 is 25.8 Å². The average molecular weight is 578 g/mol. The summed E-state index contributed by atoms with van der Waals surface area (Å²) in [6.45, 7) is 5.13. The third kappa shape index (κ3) is 6.22. The van der Waals surface area contributed by atoms with E-state index in [1.807, 2.05) is 19.1 Å². The Kier molecular flexibility index (Phi) is 8.17. The number of nitrogens with one attached hydrogen (secondary N) is 3. The van der Waals surface area contributed by atoms with Crippen molar-refractivity contribution in [2.45, 2.75) is 70.3 Å². The van der Waals surface area contributed by atoms with Crippen LogP contribution in [0.2, 0.25) is 0 Å². The number of hydrogen-bond acceptors (Lipinski definition) is 8. The van der Waals surface area contributed by atoms with Gasteiger partial charge in [0.1, 0.15) is 12.2 Å². The van der Waals surface area contributed by atoms with Crippen LogP contribution in [0.15, 0.2) is 36.7 Å². The van der Waals surface area contributed by atoms with Crippen LogP contribution in [0.5, 0.6) is 0 Å². The number of hydrogen-bond donors (Lipinski definition) is 4. The number of aliphatic hydroxyl groups is 1. The molecular weight excluding hydrogens is 541 g/mol. The standard InChI is InChI=1S/C30H36FN7O4/c1-29(2,41)26(31)15-34-27(39)22-14-33-24(25-9-8-21-10-18(12-32)13-35-38(21)25)11-23(22)36-19-4-6-20(7-5-19)37-28(40)30(3)16-42-17-30/h8-11,13-14,19-20,26,41H,4-7,15-17H2,1-3H3,(H,33,36)(H,34,39)(H,37,40)/t19?,20?,26-/m1/s1. The van der Waals surface area contributed by atoms with Crippen LogP contribution in [0, 0.1) is 16.7 Å². The summed E-state index contributed by atoms with van der Waals surface area (Å²) in [6, 6.07) is 9.36. The first kappa shape index (κ1) is 29.4. The normalized spacial score (nSPS) is 20.7. The highest BCUT2D eigenvalue weighted by atomic mass is 19.1. The summed E-state index contributed by atoms with van der Waals surface area (Å²) in [5.74, 6) is -0.493. The van der Waals surface area contributed by atoms with E-state index in [1.54, 1.807) is 16.6 Å². The molecule has 0 aromatic carbocycles. The van der Waals surface area contributed by atoms with Gasteiger partial charge in [-0.15, -0.1) is 0 Å². The van der Waals surface area contributed by atoms with E-state index in [0.717, 1.165) is 31.2 Å². The lowest BCUT2D eigenvalue weighted by molar-refractivity contribution is -0.158. The fourth-order valence-electron chi connectivity index (χ4n) is 5.18. The Morgan fingerprint density at radius 3 is 2.57 bits per heavy atom. The van der Waals surface area contributed by atoms with Gasteiger partial charge in [-0.05, 0) is 70.7 Å². The van der Waals surface area contributed by atoms with Crippen molar-refractivity contribution in [3.63, 3.8) is 0 Å². The molecule has 0 spiro atoms. The van der Waals surface area contributed by atoms with E-state index in [1.165, 1.54) is 26.2 Å². The van der Waals surface area contributed by atoms with E-state index in [4.69, 9.17) is 4.74 Å². The monoisotopic (exact) mass is 577 g/mol. The summed E-state index contributed by atoms with van der Waals surface area (Å²) in [5, 5.41) is 32.7. The zero-order valence-electron chi connectivity index (χ0n) is 24.0. The molecule has 12 heteroatoms. The second kappa shape index (κ2) is 11.7. The number of fused-ring (bicyclic) bond motifs is 1. The van der Waals surface area contributed by atoms with Crippen molar-refractivity contribution in [2.24, 2.45) is 5.41 Å². The van der Waals surface area contributed by atoms with Gasteiger partial charge in [0.2, 0.25) is 5.91 Å². The second-order valence-corrected chi connectivity index (χ2v) is 12.1. The van der Waals surface area contributed by atoms with Gasteiger partial charge in [0, 0.05) is 18.3 Å². The van der Waals surface area contributed by atoms with Crippen LogP contribution in [-0.4, -0.2) is 75.1 Å². The maximum absolute atomic E-state index is 14.4. The maximum Gasteiger partial charge on any atom is 0.255 e. The van der Waals surface area contributed by atoms with Crippen LogP contribution in [0.25, 0.3) is 16.9 Å². The number of nitrogens with zero attached hydrogens (tertiary/aromatic N) is 4. The molecule has 2 aliphatic rings. The van der Waals surface area contributed by atoms with Crippen molar-refractivity contribution in [1.82, 2.24) is 25.2 Å². The number of anilines is 1. The third-order valence-electron chi connectivity index (χ3n) is 8.06. The third-order valence-corrected chi connectivity index (χ3v) is 8.06. The van der Waals surface area contributed by atoms with Gasteiger partial charge in [-0.1, -0.05) is 0 Å². The van der Waals surface area contributed by atoms with E-state index in [0.29, 0.717) is 35.9 Å². The highest BCUT2D eigenvalue weighted by molar-refractivity contribution is 6.00. The summed E-state index contributed by atoms with van der Waals surface area (Å²) in [5.41, 5.74) is 1.13. The fraction of sp³-hybridized carbons (Fsp3) is 0.500. The van der Waals surface area contributed by atoms with Crippen LogP contribution in [0.1, 0.15) is 62.4 Å². The van der Waals surface area contributed by atoms with Crippen molar-refractivity contribution in [1.29, 1.82) is 5.26 Å². The van der Waals surface area contributed by atoms with E-state index >= 15 is 0 Å². The Morgan fingerprint density at radius 2 is 1.93 bits per heavy atom. The molecule has 1 atom stereocenters. The number of carbonyl (C=O) groups is 2. The molecule has 11 nitrogen and oxygen atoms in total. The molecule has 2 amide bonds. The molecule has 1 saturated heterocycles. The van der Waals surface area contributed by atoms with Crippen LogP contribution >= 0.6 is 0 Å². The van der Waals surface area contributed by atoms with Gasteiger partial charge >= 0.3 is 0 Å². The van der Waals surface area contributed by atoms with Gasteiger partial charge in [0.25, 0.3) is 5.91 Å². The zero-order chi connectivity index (χ0) is 30.1. The highest BCUT2D eigenvalue weighted by Gasteiger charge is 2.42. The molecule has 4 heterocycles. The minimum atomic E-state index is -1.65. The fourth-order valence-corrected chi connectivity index (χ4v) is 5.18. The Bertz CT molecular complexity index is 1510. The summed E-state index contributed by atoms with van der Waals surface area (Å²) in [4.78, 5) is 30.3. The SMILES string of the molecule is CC1(C(=O)NC2CCC(Nc3cc(-c4ccc5cc(C#N)cnn45)ncc3C(=O)NC[C@@H](F)C(C)(C)O)CC2)COC1. The van der Waals surface area contributed by atoms with Crippen molar-refractivity contribution in [3.8, 4) is 17.5 Å². The number of carbonyl (C=O) groups excluding carboxylic acids is 2. The molecule has 3 aromatic heterocycles. The Hall–Kier alpha value is -4.08. The maximum atomic E-state index is 14.4. The van der Waals surface area contributed by atoms with Crippen LogP contribution in [0.3, 0.4) is 0 Å². The zero-order valence-corrected chi connectivity index (χ0v) is 24.0. The molecule has 2 fully saturated rings. The number of aromatic nitrogens is 3. The number of alkyl halides is 1. The Morgan fingerprint density at radius 1 is 1.21 bits per heavy atom. The second-order valence-electron chi connectivity index (χ2n) is 12.1. The lowest BCUT2D eigenvalue weighted by atomic mass is 9.85. The van der Waals surface area contributed by atoms with E-state index in [9.17, 15) is 24.3 Å².